The zero-order chi connectivity index (χ0) is 12.1. The molecule has 2 aliphatic rings. The van der Waals surface area contributed by atoms with E-state index in [9.17, 15) is 4.79 Å². The van der Waals surface area contributed by atoms with Crippen LogP contribution in [0, 0.1) is 12.3 Å². The highest BCUT2D eigenvalue weighted by Crippen LogP contribution is 2.35. The van der Waals surface area contributed by atoms with E-state index in [4.69, 9.17) is 4.74 Å². The lowest BCUT2D eigenvalue weighted by Gasteiger charge is -2.14. The summed E-state index contributed by atoms with van der Waals surface area (Å²) < 4.78 is 5.19. The van der Waals surface area contributed by atoms with Gasteiger partial charge in [-0.25, -0.2) is 0 Å². The summed E-state index contributed by atoms with van der Waals surface area (Å²) in [5.74, 6) is 0.199. The maximum atomic E-state index is 11.2. The normalized spacial score (nSPS) is 26.5. The van der Waals surface area contributed by atoms with Crippen molar-refractivity contribution in [2.75, 3.05) is 19.8 Å². The molecule has 3 rings (SSSR count). The Morgan fingerprint density at radius 1 is 1.24 bits per heavy atom. The van der Waals surface area contributed by atoms with Crippen LogP contribution in [0.5, 0.6) is 0 Å². The number of carbonyl (C=O) groups is 1. The number of benzene rings is 1. The molecule has 0 aliphatic carbocycles. The lowest BCUT2D eigenvalue weighted by Crippen LogP contribution is -2.31. The second-order valence-corrected chi connectivity index (χ2v) is 4.74. The van der Waals surface area contributed by atoms with Crippen LogP contribution >= 0.6 is 0 Å². The third kappa shape index (κ3) is 2.86. The predicted molar refractivity (Wildman–Crippen MR) is 66.7 cm³/mol. The van der Waals surface area contributed by atoms with Crippen LogP contribution in [0.4, 0.5) is 0 Å². The summed E-state index contributed by atoms with van der Waals surface area (Å²) in [7, 11) is 0. The number of nitrogens with one attached hydrogen (secondary N) is 1. The Morgan fingerprint density at radius 2 is 2.00 bits per heavy atom. The molecule has 0 bridgehead atoms. The first-order valence-corrected chi connectivity index (χ1v) is 6.11. The number of hydrogen-bond acceptors (Lipinski definition) is 2. The molecule has 2 heterocycles. The van der Waals surface area contributed by atoms with Crippen molar-refractivity contribution in [1.82, 2.24) is 5.32 Å². The second kappa shape index (κ2) is 5.32. The van der Waals surface area contributed by atoms with E-state index in [2.05, 4.69) is 24.4 Å². The van der Waals surface area contributed by atoms with Gasteiger partial charge in [-0.3, -0.25) is 4.79 Å². The smallest absolute Gasteiger partial charge is 0.228 e. The largest absolute Gasteiger partial charge is 0.380 e. The third-order valence-electron chi connectivity index (χ3n) is 3.41. The number of amides is 1. The van der Waals surface area contributed by atoms with Crippen molar-refractivity contribution in [2.24, 2.45) is 5.41 Å². The molecule has 1 unspecified atom stereocenters. The Morgan fingerprint density at radius 3 is 2.41 bits per heavy atom. The van der Waals surface area contributed by atoms with Crippen molar-refractivity contribution < 1.29 is 9.53 Å². The van der Waals surface area contributed by atoms with E-state index in [-0.39, 0.29) is 11.3 Å². The van der Waals surface area contributed by atoms with E-state index in [1.807, 2.05) is 18.2 Å². The quantitative estimate of drug-likeness (QED) is 0.743. The van der Waals surface area contributed by atoms with Gasteiger partial charge in [0.05, 0.1) is 12.0 Å². The molecule has 2 fully saturated rings. The van der Waals surface area contributed by atoms with Crippen LogP contribution in [0.1, 0.15) is 18.4 Å². The molecule has 1 spiro atoms. The van der Waals surface area contributed by atoms with E-state index < -0.39 is 0 Å². The molecule has 1 aromatic rings. The molecule has 2 aliphatic heterocycles. The number of carbonyl (C=O) groups excluding carboxylic acids is 1. The van der Waals surface area contributed by atoms with Gasteiger partial charge >= 0.3 is 0 Å². The van der Waals surface area contributed by atoms with Gasteiger partial charge in [0.15, 0.2) is 0 Å². The third-order valence-corrected chi connectivity index (χ3v) is 3.41. The van der Waals surface area contributed by atoms with Gasteiger partial charge in [-0.15, -0.1) is 0 Å². The Hall–Kier alpha value is -1.35. The molecule has 0 saturated carbocycles. The summed E-state index contributed by atoms with van der Waals surface area (Å²) in [6, 6.07) is 10.3. The highest BCUT2D eigenvalue weighted by atomic mass is 16.5. The molecule has 17 heavy (non-hydrogen) atoms. The molecule has 0 radical (unpaired) electrons. The molecule has 2 saturated heterocycles. The van der Waals surface area contributed by atoms with Gasteiger partial charge in [0, 0.05) is 13.2 Å². The average molecular weight is 233 g/mol. The summed E-state index contributed by atoms with van der Waals surface area (Å²) in [5, 5.41) is 2.83. The zero-order valence-corrected chi connectivity index (χ0v) is 10.2. The van der Waals surface area contributed by atoms with E-state index in [1.165, 1.54) is 5.56 Å². The van der Waals surface area contributed by atoms with Crippen molar-refractivity contribution >= 4 is 5.91 Å². The predicted octanol–water partition coefficient (Wildman–Crippen LogP) is 1.91. The summed E-state index contributed by atoms with van der Waals surface area (Å²) in [6.45, 7) is 4.31. The summed E-state index contributed by atoms with van der Waals surface area (Å²) in [4.78, 5) is 11.2. The van der Waals surface area contributed by atoms with Gasteiger partial charge in [-0.1, -0.05) is 35.9 Å². The Balaban J connectivity index is 0.000000136. The van der Waals surface area contributed by atoms with Gasteiger partial charge in [0.2, 0.25) is 5.91 Å². The molecular formula is C14H19NO2. The first-order valence-electron chi connectivity index (χ1n) is 6.11. The van der Waals surface area contributed by atoms with Gasteiger partial charge in [-0.2, -0.15) is 0 Å². The van der Waals surface area contributed by atoms with E-state index in [0.717, 1.165) is 26.0 Å². The van der Waals surface area contributed by atoms with Gasteiger partial charge < -0.3 is 10.1 Å². The maximum absolute atomic E-state index is 11.2. The minimum atomic E-state index is -0.125. The molecule has 3 nitrogen and oxygen atoms in total. The summed E-state index contributed by atoms with van der Waals surface area (Å²) in [5.41, 5.74) is 1.20. The van der Waals surface area contributed by atoms with Crippen molar-refractivity contribution in [1.29, 1.82) is 0 Å². The Bertz CT molecular complexity index is 364. The van der Waals surface area contributed by atoms with E-state index in [0.29, 0.717) is 6.61 Å². The fourth-order valence-electron chi connectivity index (χ4n) is 2.23. The van der Waals surface area contributed by atoms with Crippen LogP contribution < -0.4 is 5.32 Å². The molecule has 1 amide bonds. The zero-order valence-electron chi connectivity index (χ0n) is 10.2. The Kier molecular flexibility index (Phi) is 3.79. The highest BCUT2D eigenvalue weighted by Gasteiger charge is 2.45. The van der Waals surface area contributed by atoms with Crippen molar-refractivity contribution in [3.8, 4) is 0 Å². The van der Waals surface area contributed by atoms with E-state index >= 15 is 0 Å². The van der Waals surface area contributed by atoms with Crippen molar-refractivity contribution in [2.45, 2.75) is 19.8 Å². The molecular weight excluding hydrogens is 214 g/mol. The molecule has 92 valence electrons. The second-order valence-electron chi connectivity index (χ2n) is 4.74. The molecule has 1 atom stereocenters. The summed E-state index contributed by atoms with van der Waals surface area (Å²) in [6.07, 6.45) is 1.88. The van der Waals surface area contributed by atoms with Crippen molar-refractivity contribution in [3.05, 3.63) is 35.9 Å². The number of rotatable bonds is 0. The van der Waals surface area contributed by atoms with Crippen LogP contribution in [-0.2, 0) is 9.53 Å². The van der Waals surface area contributed by atoms with Gasteiger partial charge in [-0.05, 0) is 19.8 Å². The first-order chi connectivity index (χ1) is 8.23. The van der Waals surface area contributed by atoms with E-state index in [1.54, 1.807) is 0 Å². The first kappa shape index (κ1) is 12.1. The van der Waals surface area contributed by atoms with Crippen LogP contribution in [-0.4, -0.2) is 25.7 Å². The lowest BCUT2D eigenvalue weighted by atomic mass is 9.86. The van der Waals surface area contributed by atoms with Gasteiger partial charge in [0.25, 0.3) is 0 Å². The lowest BCUT2D eigenvalue weighted by molar-refractivity contribution is -0.127. The molecule has 0 aromatic heterocycles. The van der Waals surface area contributed by atoms with Crippen LogP contribution in [0.25, 0.3) is 0 Å². The average Bonchev–Trinajstić information content (AvgIpc) is 2.94. The van der Waals surface area contributed by atoms with Gasteiger partial charge in [0.1, 0.15) is 0 Å². The topological polar surface area (TPSA) is 38.3 Å². The minimum Gasteiger partial charge on any atom is -0.380 e. The number of aryl methyl sites for hydroxylation is 1. The highest BCUT2D eigenvalue weighted by molar-refractivity contribution is 5.85. The summed E-state index contributed by atoms with van der Waals surface area (Å²) >= 11 is 0. The number of hydrogen-bond donors (Lipinski definition) is 1. The Labute approximate surface area is 102 Å². The minimum absolute atomic E-state index is 0.125. The fourth-order valence-corrected chi connectivity index (χ4v) is 2.23. The molecule has 1 aromatic carbocycles. The van der Waals surface area contributed by atoms with Crippen LogP contribution in [0.2, 0.25) is 0 Å². The number of ether oxygens (including phenoxy) is 1. The fraction of sp³-hybridized carbons (Fsp3) is 0.500. The molecule has 3 heteroatoms. The SMILES string of the molecule is Cc1ccccc1.O=C1NCCC12CCOC2. The standard InChI is InChI=1S/C7H11NO2.C7H8/c9-6-7(1-3-8-6)2-4-10-5-7;1-7-5-3-2-4-6-7/h1-5H2,(H,8,9);2-6H,1H3. The van der Waals surface area contributed by atoms with Crippen LogP contribution in [0.15, 0.2) is 30.3 Å². The van der Waals surface area contributed by atoms with Crippen LogP contribution in [0.3, 0.4) is 0 Å². The van der Waals surface area contributed by atoms with Crippen molar-refractivity contribution in [3.63, 3.8) is 0 Å². The monoisotopic (exact) mass is 233 g/mol. The molecule has 1 N–H and O–H groups in total. The maximum Gasteiger partial charge on any atom is 0.228 e.